The molecular weight excluding hydrogens is 522 g/mol. The number of aliphatic carboxylic acids is 2. The third kappa shape index (κ3) is 7.35. The van der Waals surface area contributed by atoms with Crippen LogP contribution in [0.15, 0.2) is 36.4 Å². The normalized spacial score (nSPS) is 20.8. The number of para-hydroxylation sites is 1. The van der Waals surface area contributed by atoms with E-state index in [-0.39, 0.29) is 30.7 Å². The van der Waals surface area contributed by atoms with E-state index in [0.29, 0.717) is 10.5 Å². The van der Waals surface area contributed by atoms with Crippen LogP contribution in [0.5, 0.6) is 0 Å². The van der Waals surface area contributed by atoms with Crippen molar-refractivity contribution in [3.05, 3.63) is 41.4 Å². The molecule has 0 aliphatic heterocycles. The SMILES string of the molecule is N=C1C=CC(O)(c2nc3ccccc3s2)C(SCC(NC(=O)CCC(N)C(=O)O)C(=O)NCC(=O)O)C1. The van der Waals surface area contributed by atoms with E-state index in [4.69, 9.17) is 21.4 Å². The van der Waals surface area contributed by atoms with E-state index in [2.05, 4.69) is 15.6 Å². The lowest BCUT2D eigenvalue weighted by atomic mass is 9.90. The molecule has 1 heterocycles. The van der Waals surface area contributed by atoms with Gasteiger partial charge < -0.3 is 37.1 Å². The van der Waals surface area contributed by atoms with Gasteiger partial charge in [0.2, 0.25) is 11.8 Å². The molecule has 0 saturated heterocycles. The van der Waals surface area contributed by atoms with Crippen molar-refractivity contribution >= 4 is 62.8 Å². The van der Waals surface area contributed by atoms with E-state index in [9.17, 15) is 24.3 Å². The van der Waals surface area contributed by atoms with Crippen LogP contribution in [-0.2, 0) is 24.8 Å². The number of carbonyl (C=O) groups is 4. The summed E-state index contributed by atoms with van der Waals surface area (Å²) in [5.74, 6) is -3.97. The lowest BCUT2D eigenvalue weighted by molar-refractivity contribution is -0.139. The number of aromatic nitrogens is 1. The molecule has 4 unspecified atom stereocenters. The first-order valence-corrected chi connectivity index (χ1v) is 13.1. The number of thioether (sulfide) groups is 1. The van der Waals surface area contributed by atoms with Crippen molar-refractivity contribution in [1.82, 2.24) is 15.6 Å². The number of thiazole rings is 1. The minimum atomic E-state index is -1.54. The maximum Gasteiger partial charge on any atom is 0.322 e. The number of nitrogens with one attached hydrogen (secondary N) is 3. The van der Waals surface area contributed by atoms with Gasteiger partial charge in [0.05, 0.1) is 10.2 Å². The second-order valence-electron chi connectivity index (χ2n) is 8.41. The van der Waals surface area contributed by atoms with Crippen LogP contribution in [0.2, 0.25) is 0 Å². The Bertz CT molecular complexity index is 1200. The molecule has 8 N–H and O–H groups in total. The molecule has 2 amide bonds. The number of amides is 2. The molecule has 198 valence electrons. The first-order valence-electron chi connectivity index (χ1n) is 11.2. The number of carboxylic acids is 2. The smallest absolute Gasteiger partial charge is 0.322 e. The van der Waals surface area contributed by atoms with E-state index in [0.717, 1.165) is 16.5 Å². The summed E-state index contributed by atoms with van der Waals surface area (Å²) in [7, 11) is 0. The predicted octanol–water partition coefficient (Wildman–Crippen LogP) is 0.443. The number of hydrogen-bond donors (Lipinski definition) is 7. The lowest BCUT2D eigenvalue weighted by Gasteiger charge is -2.35. The molecule has 0 radical (unpaired) electrons. The summed E-state index contributed by atoms with van der Waals surface area (Å²) in [6, 6.07) is 4.97. The highest BCUT2D eigenvalue weighted by Crippen LogP contribution is 2.42. The lowest BCUT2D eigenvalue weighted by Crippen LogP contribution is -2.50. The Balaban J connectivity index is 1.77. The first kappa shape index (κ1) is 28.2. The number of benzene rings is 1. The molecule has 37 heavy (non-hydrogen) atoms. The summed E-state index contributed by atoms with van der Waals surface area (Å²) in [6.45, 7) is -0.661. The Morgan fingerprint density at radius 3 is 2.68 bits per heavy atom. The van der Waals surface area contributed by atoms with Crippen LogP contribution in [0.3, 0.4) is 0 Å². The van der Waals surface area contributed by atoms with Crippen LogP contribution in [0, 0.1) is 5.41 Å². The fourth-order valence-corrected chi connectivity index (χ4v) is 6.12. The molecule has 0 bridgehead atoms. The number of allylic oxidation sites excluding steroid dienone is 1. The molecule has 1 aromatic heterocycles. The summed E-state index contributed by atoms with van der Waals surface area (Å²) in [5.41, 5.74) is 4.87. The second kappa shape index (κ2) is 12.3. The molecule has 12 nitrogen and oxygen atoms in total. The van der Waals surface area contributed by atoms with E-state index < -0.39 is 53.2 Å². The fraction of sp³-hybridized carbons (Fsp3) is 0.391. The van der Waals surface area contributed by atoms with Crippen LogP contribution in [-0.4, -0.2) is 79.4 Å². The third-order valence-electron chi connectivity index (χ3n) is 5.60. The van der Waals surface area contributed by atoms with Gasteiger partial charge in [-0.05, 0) is 30.7 Å². The number of fused-ring (bicyclic) bond motifs is 1. The van der Waals surface area contributed by atoms with Gasteiger partial charge in [0.25, 0.3) is 0 Å². The largest absolute Gasteiger partial charge is 0.480 e. The minimum Gasteiger partial charge on any atom is -0.480 e. The number of nitrogens with two attached hydrogens (primary N) is 1. The molecule has 0 spiro atoms. The Labute approximate surface area is 219 Å². The van der Waals surface area contributed by atoms with Gasteiger partial charge in [0, 0.05) is 29.6 Å². The Kier molecular flexibility index (Phi) is 9.37. The fourth-order valence-electron chi connectivity index (χ4n) is 3.55. The average molecular weight is 550 g/mol. The topological polar surface area (TPSA) is 216 Å². The maximum absolute atomic E-state index is 12.7. The molecule has 1 aromatic carbocycles. The summed E-state index contributed by atoms with van der Waals surface area (Å²) in [5, 5.41) is 42.0. The van der Waals surface area contributed by atoms with Gasteiger partial charge >= 0.3 is 11.9 Å². The van der Waals surface area contributed by atoms with Crippen LogP contribution in [0.1, 0.15) is 24.3 Å². The molecule has 3 rings (SSSR count). The van der Waals surface area contributed by atoms with Crippen molar-refractivity contribution in [2.75, 3.05) is 12.3 Å². The Hall–Kier alpha value is -3.33. The van der Waals surface area contributed by atoms with Gasteiger partial charge in [-0.1, -0.05) is 12.1 Å². The quantitative estimate of drug-likeness (QED) is 0.194. The van der Waals surface area contributed by atoms with Gasteiger partial charge in [-0.25, -0.2) is 4.98 Å². The van der Waals surface area contributed by atoms with Crippen molar-refractivity contribution in [3.8, 4) is 0 Å². The van der Waals surface area contributed by atoms with Crippen LogP contribution >= 0.6 is 23.1 Å². The van der Waals surface area contributed by atoms with E-state index in [1.807, 2.05) is 24.3 Å². The van der Waals surface area contributed by atoms with E-state index >= 15 is 0 Å². The number of nitrogens with zero attached hydrogens (tertiary/aromatic N) is 1. The zero-order valence-electron chi connectivity index (χ0n) is 19.5. The summed E-state index contributed by atoms with van der Waals surface area (Å²) < 4.78 is 0.876. The third-order valence-corrected chi connectivity index (χ3v) is 8.23. The van der Waals surface area contributed by atoms with Crippen LogP contribution in [0.25, 0.3) is 10.2 Å². The highest BCUT2D eigenvalue weighted by Gasteiger charge is 2.42. The molecular formula is C23H27N5O7S2. The standard InChI is InChI=1S/C23H27N5O7S2/c24-12-7-8-23(35,22-28-14-3-1-2-4-16(14)37-22)17(9-12)36-11-15(20(32)26-10-19(30)31)27-18(29)6-5-13(25)21(33)34/h1-4,7-8,13,15,17,24,35H,5-6,9-11,25H2,(H,26,32)(H,27,29)(H,30,31)(H,33,34). The highest BCUT2D eigenvalue weighted by molar-refractivity contribution is 8.00. The molecule has 1 aliphatic rings. The number of rotatable bonds is 12. The van der Waals surface area contributed by atoms with Crippen LogP contribution in [0.4, 0.5) is 0 Å². The molecule has 0 fully saturated rings. The van der Waals surface area contributed by atoms with Gasteiger partial charge in [-0.3, -0.25) is 19.2 Å². The summed E-state index contributed by atoms with van der Waals surface area (Å²) in [6.07, 6.45) is 2.76. The predicted molar refractivity (Wildman–Crippen MR) is 139 cm³/mol. The first-order chi connectivity index (χ1) is 17.5. The Morgan fingerprint density at radius 2 is 2.00 bits per heavy atom. The van der Waals surface area contributed by atoms with E-state index in [1.165, 1.54) is 23.5 Å². The van der Waals surface area contributed by atoms with Crippen molar-refractivity contribution in [2.45, 2.75) is 42.2 Å². The molecule has 14 heteroatoms. The minimum absolute atomic E-state index is 0.0544. The number of aliphatic hydroxyl groups is 1. The zero-order chi connectivity index (χ0) is 27.2. The van der Waals surface area contributed by atoms with Crippen molar-refractivity contribution in [1.29, 1.82) is 5.41 Å². The maximum atomic E-state index is 12.7. The zero-order valence-corrected chi connectivity index (χ0v) is 21.2. The molecule has 1 aliphatic carbocycles. The summed E-state index contributed by atoms with van der Waals surface area (Å²) in [4.78, 5) is 51.4. The number of carboxylic acid groups (broad SMARTS) is 2. The van der Waals surface area contributed by atoms with Gasteiger partial charge in [-0.2, -0.15) is 11.8 Å². The number of carbonyl (C=O) groups excluding carboxylic acids is 2. The molecule has 2 aromatic rings. The second-order valence-corrected chi connectivity index (χ2v) is 10.7. The highest BCUT2D eigenvalue weighted by atomic mass is 32.2. The monoisotopic (exact) mass is 549 g/mol. The molecule has 4 atom stereocenters. The number of hydrogen-bond acceptors (Lipinski definition) is 10. The van der Waals surface area contributed by atoms with Crippen molar-refractivity contribution in [3.63, 3.8) is 0 Å². The Morgan fingerprint density at radius 1 is 1.27 bits per heavy atom. The van der Waals surface area contributed by atoms with Crippen LogP contribution < -0.4 is 16.4 Å². The van der Waals surface area contributed by atoms with Gasteiger partial charge in [0.1, 0.15) is 29.2 Å². The van der Waals surface area contributed by atoms with E-state index in [1.54, 1.807) is 0 Å². The average Bonchev–Trinajstić information content (AvgIpc) is 3.30. The summed E-state index contributed by atoms with van der Waals surface area (Å²) >= 11 is 2.45. The van der Waals surface area contributed by atoms with Crippen molar-refractivity contribution < 1.29 is 34.5 Å². The van der Waals surface area contributed by atoms with Gasteiger partial charge in [-0.15, -0.1) is 11.3 Å². The van der Waals surface area contributed by atoms with Gasteiger partial charge in [0.15, 0.2) is 0 Å². The van der Waals surface area contributed by atoms with Crippen molar-refractivity contribution in [2.24, 2.45) is 5.73 Å². The molecule has 0 saturated carbocycles.